The summed E-state index contributed by atoms with van der Waals surface area (Å²) in [6, 6.07) is 30.9. The number of nitriles is 2. The van der Waals surface area contributed by atoms with E-state index in [9.17, 15) is 10.5 Å². The largest absolute Gasteiger partial charge is 0.378 e. The monoisotopic (exact) mass is 555 g/mol. The lowest BCUT2D eigenvalue weighted by Gasteiger charge is -2.20. The van der Waals surface area contributed by atoms with Crippen molar-refractivity contribution in [1.82, 2.24) is 4.98 Å². The van der Waals surface area contributed by atoms with Gasteiger partial charge in [-0.25, -0.2) is 4.98 Å². The van der Waals surface area contributed by atoms with E-state index >= 15 is 0 Å². The second kappa shape index (κ2) is 13.9. The normalized spacial score (nSPS) is 11.8. The number of anilines is 2. The highest BCUT2D eigenvalue weighted by Gasteiger charge is 2.08. The van der Waals surface area contributed by atoms with E-state index in [1.807, 2.05) is 62.6 Å². The van der Waals surface area contributed by atoms with E-state index in [2.05, 4.69) is 95.4 Å². The van der Waals surface area contributed by atoms with Gasteiger partial charge in [-0.05, 0) is 60.9 Å². The Morgan fingerprint density at radius 3 is 2.07 bits per heavy atom. The maximum absolute atomic E-state index is 9.45. The van der Waals surface area contributed by atoms with Crippen LogP contribution in [-0.2, 0) is 0 Å². The first-order chi connectivity index (χ1) is 20.0. The van der Waals surface area contributed by atoms with Crippen LogP contribution in [0.15, 0.2) is 91.0 Å². The second-order valence-corrected chi connectivity index (χ2v) is 10.6. The second-order valence-electron chi connectivity index (χ2n) is 9.52. The molecule has 0 saturated carbocycles. The van der Waals surface area contributed by atoms with E-state index in [0.29, 0.717) is 4.66 Å². The maximum atomic E-state index is 9.45. The Morgan fingerprint density at radius 2 is 1.49 bits per heavy atom. The molecule has 0 aliphatic rings. The van der Waals surface area contributed by atoms with Crippen LogP contribution in [0.2, 0.25) is 0 Å². The third-order valence-electron chi connectivity index (χ3n) is 6.75. The third-order valence-corrected chi connectivity index (χ3v) is 7.78. The summed E-state index contributed by atoms with van der Waals surface area (Å²) < 4.78 is 1.31. The molecule has 6 heteroatoms. The SMILES string of the molecule is CCN(CC)c1ccc(/C=C/C(=C/C=c2\sc(=C(C#N)C#N)nc2-c2ccccc2)c2ccc(N(C)C)cc2)cc1. The first-order valence-electron chi connectivity index (χ1n) is 13.6. The number of thiazole rings is 1. The number of benzene rings is 3. The molecule has 1 aromatic heterocycles. The van der Waals surface area contributed by atoms with Crippen molar-refractivity contribution in [2.75, 3.05) is 37.0 Å². The zero-order valence-electron chi connectivity index (χ0n) is 23.9. The van der Waals surface area contributed by atoms with Gasteiger partial charge in [0.25, 0.3) is 0 Å². The Balaban J connectivity index is 1.82. The summed E-state index contributed by atoms with van der Waals surface area (Å²) in [6.45, 7) is 6.29. The summed E-state index contributed by atoms with van der Waals surface area (Å²) >= 11 is 1.35. The van der Waals surface area contributed by atoms with Crippen LogP contribution in [0.5, 0.6) is 0 Å². The molecule has 4 aromatic rings. The smallest absolute Gasteiger partial charge is 0.165 e. The van der Waals surface area contributed by atoms with Crippen molar-refractivity contribution in [2.24, 2.45) is 0 Å². The van der Waals surface area contributed by atoms with Gasteiger partial charge < -0.3 is 9.80 Å². The molecule has 0 unspecified atom stereocenters. The molecule has 5 nitrogen and oxygen atoms in total. The van der Waals surface area contributed by atoms with Gasteiger partial charge in [0.05, 0.1) is 10.2 Å². The minimum Gasteiger partial charge on any atom is -0.378 e. The average Bonchev–Trinajstić information content (AvgIpc) is 3.43. The van der Waals surface area contributed by atoms with Crippen LogP contribution in [0.3, 0.4) is 0 Å². The van der Waals surface area contributed by atoms with E-state index in [1.165, 1.54) is 17.0 Å². The summed E-state index contributed by atoms with van der Waals surface area (Å²) in [6.07, 6.45) is 8.35. The molecule has 1 heterocycles. The summed E-state index contributed by atoms with van der Waals surface area (Å²) in [7, 11) is 4.06. The van der Waals surface area contributed by atoms with E-state index in [-0.39, 0.29) is 5.57 Å². The van der Waals surface area contributed by atoms with Crippen LogP contribution in [0.4, 0.5) is 11.4 Å². The first kappa shape index (κ1) is 29.1. The van der Waals surface area contributed by atoms with Crippen LogP contribution >= 0.6 is 11.3 Å². The lowest BCUT2D eigenvalue weighted by Crippen LogP contribution is -2.21. The number of aromatic nitrogens is 1. The highest BCUT2D eigenvalue weighted by molar-refractivity contribution is 7.08. The van der Waals surface area contributed by atoms with Gasteiger partial charge in [-0.15, -0.1) is 11.3 Å². The molecule has 0 spiro atoms. The quantitative estimate of drug-likeness (QED) is 0.221. The predicted octanol–water partition coefficient (Wildman–Crippen LogP) is 6.50. The van der Waals surface area contributed by atoms with Crippen molar-refractivity contribution < 1.29 is 0 Å². The lowest BCUT2D eigenvalue weighted by molar-refractivity contribution is 0.866. The van der Waals surface area contributed by atoms with Crippen LogP contribution in [0.1, 0.15) is 25.0 Å². The fourth-order valence-electron chi connectivity index (χ4n) is 4.41. The Bertz CT molecular complexity index is 1710. The van der Waals surface area contributed by atoms with Gasteiger partial charge in [-0.3, -0.25) is 0 Å². The summed E-state index contributed by atoms with van der Waals surface area (Å²) in [5.41, 5.74) is 7.27. The molecule has 0 saturated heterocycles. The highest BCUT2D eigenvalue weighted by atomic mass is 32.1. The summed E-state index contributed by atoms with van der Waals surface area (Å²) in [4.78, 5) is 9.09. The molecule has 0 aliphatic heterocycles. The zero-order chi connectivity index (χ0) is 29.2. The molecular weight excluding hydrogens is 522 g/mol. The fraction of sp³-hybridized carbons (Fsp3) is 0.171. The van der Waals surface area contributed by atoms with Crippen LogP contribution in [0, 0.1) is 22.7 Å². The van der Waals surface area contributed by atoms with Crippen molar-refractivity contribution in [1.29, 1.82) is 10.5 Å². The van der Waals surface area contributed by atoms with Gasteiger partial charge in [0, 0.05) is 44.1 Å². The number of hydrogen-bond acceptors (Lipinski definition) is 6. The Hall–Kier alpha value is -4.91. The van der Waals surface area contributed by atoms with Gasteiger partial charge >= 0.3 is 0 Å². The van der Waals surface area contributed by atoms with E-state index < -0.39 is 0 Å². The molecule has 0 N–H and O–H groups in total. The maximum Gasteiger partial charge on any atom is 0.165 e. The Labute approximate surface area is 246 Å². The van der Waals surface area contributed by atoms with Crippen molar-refractivity contribution in [3.05, 3.63) is 111 Å². The third kappa shape index (κ3) is 7.19. The predicted molar refractivity (Wildman–Crippen MR) is 174 cm³/mol. The summed E-state index contributed by atoms with van der Waals surface area (Å²) in [5, 5.41) is 18.9. The molecule has 0 fully saturated rings. The van der Waals surface area contributed by atoms with Gasteiger partial charge in [-0.2, -0.15) is 10.5 Å². The van der Waals surface area contributed by atoms with Gasteiger partial charge in [0.2, 0.25) is 0 Å². The van der Waals surface area contributed by atoms with Crippen molar-refractivity contribution in [2.45, 2.75) is 13.8 Å². The molecule has 0 radical (unpaired) electrons. The van der Waals surface area contributed by atoms with Gasteiger partial charge in [0.1, 0.15) is 16.8 Å². The highest BCUT2D eigenvalue weighted by Crippen LogP contribution is 2.23. The van der Waals surface area contributed by atoms with Crippen LogP contribution < -0.4 is 19.0 Å². The van der Waals surface area contributed by atoms with Crippen LogP contribution in [0.25, 0.3) is 34.6 Å². The Morgan fingerprint density at radius 1 is 0.854 bits per heavy atom. The van der Waals surface area contributed by atoms with Gasteiger partial charge in [-0.1, -0.05) is 72.8 Å². The molecule has 0 atom stereocenters. The van der Waals surface area contributed by atoms with Crippen LogP contribution in [-0.4, -0.2) is 32.2 Å². The number of nitrogens with zero attached hydrogens (tertiary/aromatic N) is 5. The standard InChI is InChI=1S/C35H33N5S/c1-5-40(6-2)32-19-13-26(14-20-32)12-15-27(28-16-21-31(22-17-28)39(3)4)18-23-33-34(29-10-8-7-9-11-29)38-35(41-33)30(24-36)25-37/h7-23H,5-6H2,1-4H3/b15-12+,27-18-,33-23-. The minimum atomic E-state index is 0.0170. The molecule has 204 valence electrons. The number of allylic oxidation sites excluding steroid dienone is 3. The van der Waals surface area contributed by atoms with E-state index in [4.69, 9.17) is 0 Å². The van der Waals surface area contributed by atoms with E-state index in [1.54, 1.807) is 0 Å². The zero-order valence-corrected chi connectivity index (χ0v) is 24.7. The summed E-state index contributed by atoms with van der Waals surface area (Å²) in [5.74, 6) is 0. The number of hydrogen-bond donors (Lipinski definition) is 0. The van der Waals surface area contributed by atoms with E-state index in [0.717, 1.165) is 51.3 Å². The first-order valence-corrected chi connectivity index (χ1v) is 14.4. The molecule has 3 aromatic carbocycles. The molecule has 41 heavy (non-hydrogen) atoms. The van der Waals surface area contributed by atoms with Crippen molar-refractivity contribution in [3.8, 4) is 23.4 Å². The molecule has 0 amide bonds. The van der Waals surface area contributed by atoms with Crippen molar-refractivity contribution >= 4 is 46.0 Å². The number of rotatable bonds is 9. The molecular formula is C35H33N5S. The molecule has 0 bridgehead atoms. The average molecular weight is 556 g/mol. The minimum absolute atomic E-state index is 0.0170. The Kier molecular flexibility index (Phi) is 9.89. The van der Waals surface area contributed by atoms with Crippen molar-refractivity contribution in [3.63, 3.8) is 0 Å². The lowest BCUT2D eigenvalue weighted by atomic mass is 10.0. The van der Waals surface area contributed by atoms with Gasteiger partial charge in [0.15, 0.2) is 5.57 Å². The fourth-order valence-corrected chi connectivity index (χ4v) is 5.35. The topological polar surface area (TPSA) is 67.0 Å². The molecule has 0 aliphatic carbocycles. The molecule has 4 rings (SSSR count).